The predicted molar refractivity (Wildman–Crippen MR) is 112 cm³/mol. The summed E-state index contributed by atoms with van der Waals surface area (Å²) in [5.74, 6) is -0.573. The Morgan fingerprint density at radius 2 is 2.06 bits per heavy atom. The van der Waals surface area contributed by atoms with Crippen molar-refractivity contribution in [1.82, 2.24) is 15.5 Å². The maximum Gasteiger partial charge on any atom is 0.317 e. The molecule has 2 aromatic carbocycles. The van der Waals surface area contributed by atoms with Crippen LogP contribution in [0.3, 0.4) is 0 Å². The molecule has 0 aliphatic carbocycles. The first-order chi connectivity index (χ1) is 15.0. The highest BCUT2D eigenvalue weighted by Crippen LogP contribution is 2.26. The lowest BCUT2D eigenvalue weighted by Gasteiger charge is -2.14. The normalized spacial score (nSPS) is 14.6. The lowest BCUT2D eigenvalue weighted by Crippen LogP contribution is -2.36. The highest BCUT2D eigenvalue weighted by atomic mass is 19.1. The van der Waals surface area contributed by atoms with Gasteiger partial charge in [-0.1, -0.05) is 12.1 Å². The summed E-state index contributed by atoms with van der Waals surface area (Å²) in [5, 5.41) is 8.00. The van der Waals surface area contributed by atoms with Gasteiger partial charge in [-0.05, 0) is 35.4 Å². The molecule has 3 N–H and O–H groups in total. The van der Waals surface area contributed by atoms with Gasteiger partial charge in [0.25, 0.3) is 5.91 Å². The summed E-state index contributed by atoms with van der Waals surface area (Å²) in [4.78, 5) is 37.9. The van der Waals surface area contributed by atoms with E-state index >= 15 is 0 Å². The largest absolute Gasteiger partial charge is 0.493 e. The van der Waals surface area contributed by atoms with Crippen molar-refractivity contribution in [3.05, 3.63) is 58.9 Å². The van der Waals surface area contributed by atoms with E-state index in [0.717, 1.165) is 29.4 Å². The molecule has 9 heteroatoms. The van der Waals surface area contributed by atoms with Gasteiger partial charge < -0.3 is 25.6 Å². The van der Waals surface area contributed by atoms with Crippen LogP contribution >= 0.6 is 0 Å². The molecule has 2 aliphatic rings. The Balaban J connectivity index is 1.33. The van der Waals surface area contributed by atoms with E-state index in [1.54, 1.807) is 4.90 Å². The van der Waals surface area contributed by atoms with Crippen molar-refractivity contribution in [2.75, 3.05) is 38.1 Å². The fraction of sp³-hybridized carbons (Fsp3) is 0.318. The summed E-state index contributed by atoms with van der Waals surface area (Å²) in [6.07, 6.45) is 0.943. The van der Waals surface area contributed by atoms with Gasteiger partial charge in [0.15, 0.2) is 0 Å². The highest BCUT2D eigenvalue weighted by Gasteiger charge is 2.19. The van der Waals surface area contributed by atoms with Gasteiger partial charge >= 0.3 is 6.03 Å². The van der Waals surface area contributed by atoms with Crippen molar-refractivity contribution in [3.63, 3.8) is 0 Å². The van der Waals surface area contributed by atoms with Gasteiger partial charge in [-0.2, -0.15) is 0 Å². The van der Waals surface area contributed by atoms with Crippen LogP contribution in [0, 0.1) is 5.82 Å². The number of nitrogens with zero attached hydrogens (tertiary/aromatic N) is 1. The van der Waals surface area contributed by atoms with Crippen LogP contribution in [0.5, 0.6) is 5.75 Å². The molecule has 8 nitrogen and oxygen atoms in total. The maximum atomic E-state index is 14.0. The lowest BCUT2D eigenvalue weighted by atomic mass is 10.1. The topological polar surface area (TPSA) is 99.8 Å². The first kappa shape index (κ1) is 20.6. The summed E-state index contributed by atoms with van der Waals surface area (Å²) in [6, 6.07) is 9.15. The molecule has 0 unspecified atom stereocenters. The third-order valence-electron chi connectivity index (χ3n) is 5.17. The Bertz CT molecular complexity index is 1030. The number of nitrogens with one attached hydrogen (secondary N) is 3. The second kappa shape index (κ2) is 9.03. The van der Waals surface area contributed by atoms with Gasteiger partial charge in [-0.25, -0.2) is 9.18 Å². The minimum atomic E-state index is -0.628. The molecule has 2 aliphatic heterocycles. The number of hydrogen-bond donors (Lipinski definition) is 3. The van der Waals surface area contributed by atoms with Crippen molar-refractivity contribution in [1.29, 1.82) is 0 Å². The molecule has 0 bridgehead atoms. The number of rotatable bonds is 7. The average Bonchev–Trinajstić information content (AvgIpc) is 3.35. The van der Waals surface area contributed by atoms with E-state index in [0.29, 0.717) is 26.2 Å². The SMILES string of the molecule is O=C(Cc1ccc2c(c1)CCO2)Nc1cc(F)cc(C(=O)NCCN2CCNC2=O)c1. The van der Waals surface area contributed by atoms with Crippen molar-refractivity contribution >= 4 is 23.5 Å². The van der Waals surface area contributed by atoms with Crippen molar-refractivity contribution in [2.24, 2.45) is 0 Å². The molecule has 0 aromatic heterocycles. The summed E-state index contributed by atoms with van der Waals surface area (Å²) in [6.45, 7) is 2.42. The summed E-state index contributed by atoms with van der Waals surface area (Å²) >= 11 is 0. The molecule has 4 amide bonds. The predicted octanol–water partition coefficient (Wildman–Crippen LogP) is 1.70. The molecule has 0 radical (unpaired) electrons. The van der Waals surface area contributed by atoms with Crippen molar-refractivity contribution < 1.29 is 23.5 Å². The van der Waals surface area contributed by atoms with Gasteiger partial charge in [-0.15, -0.1) is 0 Å². The number of benzene rings is 2. The smallest absolute Gasteiger partial charge is 0.317 e. The van der Waals surface area contributed by atoms with Gasteiger partial charge in [0.1, 0.15) is 11.6 Å². The van der Waals surface area contributed by atoms with E-state index < -0.39 is 11.7 Å². The number of hydrogen-bond acceptors (Lipinski definition) is 4. The number of anilines is 1. The highest BCUT2D eigenvalue weighted by molar-refractivity contribution is 5.97. The standard InChI is InChI=1S/C22H23FN4O4/c23-17-11-16(21(29)24-4-6-27-7-5-25-22(27)30)12-18(13-17)26-20(28)10-14-1-2-19-15(9-14)3-8-31-19/h1-2,9,11-13H,3-8,10H2,(H,24,29)(H,25,30)(H,26,28). The summed E-state index contributed by atoms with van der Waals surface area (Å²) < 4.78 is 19.5. The maximum absolute atomic E-state index is 14.0. The molecule has 162 valence electrons. The molecule has 0 saturated carbocycles. The quantitative estimate of drug-likeness (QED) is 0.628. The van der Waals surface area contributed by atoms with Gasteiger partial charge in [-0.3, -0.25) is 9.59 Å². The van der Waals surface area contributed by atoms with Crippen molar-refractivity contribution in [3.8, 4) is 5.75 Å². The number of ether oxygens (including phenoxy) is 1. The fourth-order valence-electron chi connectivity index (χ4n) is 3.66. The second-order valence-electron chi connectivity index (χ2n) is 7.47. The van der Waals surface area contributed by atoms with Gasteiger partial charge in [0.2, 0.25) is 5.91 Å². The van der Waals surface area contributed by atoms with Crippen LogP contribution in [0.25, 0.3) is 0 Å². The van der Waals surface area contributed by atoms with Crippen molar-refractivity contribution in [2.45, 2.75) is 12.8 Å². The van der Waals surface area contributed by atoms with Crippen LogP contribution in [0.2, 0.25) is 0 Å². The third kappa shape index (κ3) is 5.11. The Morgan fingerprint density at radius 3 is 2.87 bits per heavy atom. The first-order valence-corrected chi connectivity index (χ1v) is 10.1. The zero-order valence-electron chi connectivity index (χ0n) is 16.9. The molecule has 2 aromatic rings. The minimum Gasteiger partial charge on any atom is -0.493 e. The molecular formula is C22H23FN4O4. The van der Waals surface area contributed by atoms with E-state index in [4.69, 9.17) is 4.74 Å². The van der Waals surface area contributed by atoms with Crippen LogP contribution in [-0.2, 0) is 17.6 Å². The van der Waals surface area contributed by atoms with Crippen LogP contribution in [-0.4, -0.2) is 55.5 Å². The van der Waals surface area contributed by atoms with E-state index in [1.807, 2.05) is 18.2 Å². The molecule has 31 heavy (non-hydrogen) atoms. The lowest BCUT2D eigenvalue weighted by molar-refractivity contribution is -0.115. The molecule has 1 saturated heterocycles. The van der Waals surface area contributed by atoms with E-state index in [2.05, 4.69) is 16.0 Å². The van der Waals surface area contributed by atoms with E-state index in [9.17, 15) is 18.8 Å². The van der Waals surface area contributed by atoms with Crippen LogP contribution in [0.4, 0.5) is 14.9 Å². The summed E-state index contributed by atoms with van der Waals surface area (Å²) in [5.41, 5.74) is 2.21. The average molecular weight is 426 g/mol. The van der Waals surface area contributed by atoms with Crippen LogP contribution in [0.15, 0.2) is 36.4 Å². The number of urea groups is 1. The molecule has 0 spiro atoms. The third-order valence-corrected chi connectivity index (χ3v) is 5.17. The van der Waals surface area contributed by atoms with Gasteiger partial charge in [0, 0.05) is 43.9 Å². The Morgan fingerprint density at radius 1 is 1.19 bits per heavy atom. The fourth-order valence-corrected chi connectivity index (χ4v) is 3.66. The van der Waals surface area contributed by atoms with Crippen LogP contribution in [0.1, 0.15) is 21.5 Å². The molecule has 4 rings (SSSR count). The molecule has 0 atom stereocenters. The zero-order valence-corrected chi connectivity index (χ0v) is 16.9. The van der Waals surface area contributed by atoms with E-state index in [-0.39, 0.29) is 36.2 Å². The molecule has 2 heterocycles. The Labute approximate surface area is 178 Å². The second-order valence-corrected chi connectivity index (χ2v) is 7.47. The number of carbonyl (C=O) groups excluding carboxylic acids is 3. The van der Waals surface area contributed by atoms with E-state index in [1.165, 1.54) is 12.1 Å². The Hall–Kier alpha value is -3.62. The molecule has 1 fully saturated rings. The number of fused-ring (bicyclic) bond motifs is 1. The van der Waals surface area contributed by atoms with Gasteiger partial charge in [0.05, 0.1) is 13.0 Å². The Kier molecular flexibility index (Phi) is 6.01. The summed E-state index contributed by atoms with van der Waals surface area (Å²) in [7, 11) is 0. The first-order valence-electron chi connectivity index (χ1n) is 10.1. The minimum absolute atomic E-state index is 0.0934. The number of amides is 4. The molecular weight excluding hydrogens is 403 g/mol. The number of halogens is 1. The monoisotopic (exact) mass is 426 g/mol. The van der Waals surface area contributed by atoms with Crippen LogP contribution < -0.4 is 20.7 Å². The zero-order chi connectivity index (χ0) is 21.8. The number of carbonyl (C=O) groups is 3.